The molecular weight excluding hydrogens is 793 g/mol. The van der Waals surface area contributed by atoms with Crippen LogP contribution in [0, 0.1) is 17.8 Å². The molecule has 0 heterocycles. The maximum atomic E-state index is 12.8. The first-order valence-corrected chi connectivity index (χ1v) is 21.2. The molecular formula is C50H54O10S. The van der Waals surface area contributed by atoms with Crippen LogP contribution in [-0.4, -0.2) is 63.5 Å². The van der Waals surface area contributed by atoms with E-state index in [4.69, 9.17) is 13.7 Å². The normalized spacial score (nSPS) is 14.6. The van der Waals surface area contributed by atoms with E-state index in [0.29, 0.717) is 0 Å². The second-order valence-corrected chi connectivity index (χ2v) is 17.7. The maximum absolute atomic E-state index is 12.8. The van der Waals surface area contributed by atoms with Crippen molar-refractivity contribution in [3.05, 3.63) is 149 Å². The molecule has 11 heteroatoms. The van der Waals surface area contributed by atoms with Crippen molar-refractivity contribution < 1.29 is 46.4 Å². The van der Waals surface area contributed by atoms with E-state index in [2.05, 4.69) is 36.4 Å². The molecule has 10 nitrogen and oxygen atoms in total. The quantitative estimate of drug-likeness (QED) is 0.0799. The highest BCUT2D eigenvalue weighted by atomic mass is 32.2. The van der Waals surface area contributed by atoms with Gasteiger partial charge in [0.25, 0.3) is 10.1 Å². The number of aliphatic hydroxyl groups excluding tert-OH is 1. The second-order valence-electron chi connectivity index (χ2n) is 16.1. The SMILES string of the molecule is C.CC(=O)C(C)(CO)CC(=O)OCC1c2ccccc2-c2ccccc21.CC(=O)C(C)(COS(=O)(=O)c1ccc(C)cc1)CC(=O)OCC1c2ccccc2-c2ccccc21. The summed E-state index contributed by atoms with van der Waals surface area (Å²) in [5.41, 5.74) is 7.52. The molecule has 0 radical (unpaired) electrons. The molecule has 0 saturated carbocycles. The van der Waals surface area contributed by atoms with Gasteiger partial charge in [-0.1, -0.05) is 122 Å². The van der Waals surface area contributed by atoms with Crippen LogP contribution in [0.3, 0.4) is 0 Å². The molecule has 61 heavy (non-hydrogen) atoms. The van der Waals surface area contributed by atoms with Gasteiger partial charge in [0.1, 0.15) is 24.8 Å². The summed E-state index contributed by atoms with van der Waals surface area (Å²) in [5, 5.41) is 9.42. The number of rotatable bonds is 15. The highest BCUT2D eigenvalue weighted by Gasteiger charge is 2.38. The predicted molar refractivity (Wildman–Crippen MR) is 234 cm³/mol. The summed E-state index contributed by atoms with van der Waals surface area (Å²) in [6.07, 6.45) is -0.406. The number of carbonyl (C=O) groups excluding carboxylic acids is 4. The largest absolute Gasteiger partial charge is 0.465 e. The summed E-state index contributed by atoms with van der Waals surface area (Å²) < 4.78 is 41.5. The number of fused-ring (bicyclic) bond motifs is 6. The molecule has 2 aliphatic carbocycles. The van der Waals surface area contributed by atoms with Gasteiger partial charge in [0, 0.05) is 11.8 Å². The lowest BCUT2D eigenvalue weighted by molar-refractivity contribution is -0.150. The Labute approximate surface area is 359 Å². The minimum absolute atomic E-state index is 0. The van der Waals surface area contributed by atoms with Crippen LogP contribution in [0.5, 0.6) is 0 Å². The lowest BCUT2D eigenvalue weighted by Gasteiger charge is -2.25. The third-order valence-electron chi connectivity index (χ3n) is 11.7. The van der Waals surface area contributed by atoms with Gasteiger partial charge >= 0.3 is 11.9 Å². The van der Waals surface area contributed by atoms with Crippen molar-refractivity contribution in [2.45, 2.75) is 71.6 Å². The lowest BCUT2D eigenvalue weighted by Crippen LogP contribution is -2.35. The van der Waals surface area contributed by atoms with Crippen LogP contribution in [0.4, 0.5) is 0 Å². The fourth-order valence-electron chi connectivity index (χ4n) is 7.52. The van der Waals surface area contributed by atoms with E-state index >= 15 is 0 Å². The molecule has 2 atom stereocenters. The van der Waals surface area contributed by atoms with Gasteiger partial charge in [-0.25, -0.2) is 0 Å². The zero-order valence-corrected chi connectivity index (χ0v) is 35.3. The van der Waals surface area contributed by atoms with E-state index in [-0.39, 0.29) is 68.4 Å². The van der Waals surface area contributed by atoms with Crippen molar-refractivity contribution in [2.24, 2.45) is 10.8 Å². The minimum atomic E-state index is -4.08. The third-order valence-corrected chi connectivity index (χ3v) is 13.0. The van der Waals surface area contributed by atoms with E-state index in [9.17, 15) is 32.7 Å². The predicted octanol–water partition coefficient (Wildman–Crippen LogP) is 9.00. The molecule has 0 saturated heterocycles. The molecule has 0 aliphatic heterocycles. The molecule has 0 fully saturated rings. The Morgan fingerprint density at radius 2 is 0.918 bits per heavy atom. The van der Waals surface area contributed by atoms with Crippen LogP contribution in [0.2, 0.25) is 0 Å². The van der Waals surface area contributed by atoms with E-state index in [1.54, 1.807) is 19.1 Å². The van der Waals surface area contributed by atoms with Crippen molar-refractivity contribution in [3.8, 4) is 22.3 Å². The molecule has 320 valence electrons. The number of hydrogen-bond acceptors (Lipinski definition) is 10. The number of esters is 2. The number of ether oxygens (including phenoxy) is 2. The molecule has 2 unspecified atom stereocenters. The van der Waals surface area contributed by atoms with Gasteiger partial charge in [0.15, 0.2) is 0 Å². The van der Waals surface area contributed by atoms with Crippen molar-refractivity contribution >= 4 is 33.6 Å². The minimum Gasteiger partial charge on any atom is -0.465 e. The summed E-state index contributed by atoms with van der Waals surface area (Å²) in [5.74, 6) is -1.73. The molecule has 1 N–H and O–H groups in total. The summed E-state index contributed by atoms with van der Waals surface area (Å²) in [4.78, 5) is 49.1. The highest BCUT2D eigenvalue weighted by Crippen LogP contribution is 2.46. The van der Waals surface area contributed by atoms with E-state index in [1.807, 2.05) is 67.6 Å². The standard InChI is InChI=1S/C28H28O6S.C21H22O4.CH4/c1-19-12-14-21(15-13-19)35(31,32)34-18-28(3,20(2)29)16-27(30)33-17-26-24-10-6-4-8-22(24)23-9-5-7-11-25(23)26;1-14(23)21(2,13-22)11-20(24)25-12-19-17-9-5-3-7-15(17)16-8-4-6-10-18(16)19;/h4-15,26H,16-18H2,1-3H3;3-10,19,22H,11-13H2,1-2H3;1H4. The molecule has 0 amide bonds. The Morgan fingerprint density at radius 1 is 0.574 bits per heavy atom. The number of ketones is 2. The Kier molecular flexibility index (Phi) is 14.7. The first kappa shape index (κ1) is 46.3. The number of aliphatic hydroxyl groups is 1. The van der Waals surface area contributed by atoms with Gasteiger partial charge in [0.05, 0.1) is 41.8 Å². The van der Waals surface area contributed by atoms with Crippen molar-refractivity contribution in [3.63, 3.8) is 0 Å². The highest BCUT2D eigenvalue weighted by molar-refractivity contribution is 7.86. The smallest absolute Gasteiger partial charge is 0.306 e. The monoisotopic (exact) mass is 846 g/mol. The van der Waals surface area contributed by atoms with Gasteiger partial charge in [-0.15, -0.1) is 0 Å². The van der Waals surface area contributed by atoms with Gasteiger partial charge < -0.3 is 14.6 Å². The van der Waals surface area contributed by atoms with E-state index < -0.39 is 39.5 Å². The van der Waals surface area contributed by atoms with Gasteiger partial charge in [-0.3, -0.25) is 23.4 Å². The molecule has 0 aromatic heterocycles. The third kappa shape index (κ3) is 10.2. The summed E-state index contributed by atoms with van der Waals surface area (Å²) in [6, 6.07) is 38.5. The zero-order chi connectivity index (χ0) is 43.2. The van der Waals surface area contributed by atoms with Gasteiger partial charge in [-0.2, -0.15) is 8.42 Å². The summed E-state index contributed by atoms with van der Waals surface area (Å²) in [7, 11) is -4.08. The Morgan fingerprint density at radius 3 is 1.26 bits per heavy atom. The number of carbonyl (C=O) groups is 4. The van der Waals surface area contributed by atoms with E-state index in [1.165, 1.54) is 44.0 Å². The van der Waals surface area contributed by atoms with E-state index in [0.717, 1.165) is 38.9 Å². The molecule has 0 bridgehead atoms. The molecule has 5 aromatic rings. The lowest BCUT2D eigenvalue weighted by atomic mass is 9.84. The van der Waals surface area contributed by atoms with Crippen molar-refractivity contribution in [1.82, 2.24) is 0 Å². The zero-order valence-electron chi connectivity index (χ0n) is 34.5. The van der Waals surface area contributed by atoms with Crippen LogP contribution in [0.1, 0.15) is 87.6 Å². The number of aryl methyl sites for hydroxylation is 1. The number of hydrogen-bond donors (Lipinski definition) is 1. The fourth-order valence-corrected chi connectivity index (χ4v) is 8.54. The average Bonchev–Trinajstić information content (AvgIpc) is 3.74. The number of Topliss-reactive ketones (excluding diaryl/α,β-unsaturated/α-hetero) is 2. The van der Waals surface area contributed by atoms with Crippen LogP contribution in [0.25, 0.3) is 22.3 Å². The molecule has 7 rings (SSSR count). The summed E-state index contributed by atoms with van der Waals surface area (Å²) >= 11 is 0. The average molecular weight is 847 g/mol. The molecule has 0 spiro atoms. The Bertz CT molecular complexity index is 2420. The van der Waals surface area contributed by atoms with Crippen LogP contribution in [0.15, 0.2) is 126 Å². The van der Waals surface area contributed by atoms with Gasteiger partial charge in [-0.05, 0) is 91.3 Å². The molecule has 5 aromatic carbocycles. The van der Waals surface area contributed by atoms with Crippen molar-refractivity contribution in [2.75, 3.05) is 26.4 Å². The Hall–Kier alpha value is -5.75. The Balaban J connectivity index is 0.000000240. The van der Waals surface area contributed by atoms with Gasteiger partial charge in [0.2, 0.25) is 0 Å². The first-order valence-electron chi connectivity index (χ1n) is 19.8. The molecule has 2 aliphatic rings. The topological polar surface area (TPSA) is 150 Å². The maximum Gasteiger partial charge on any atom is 0.306 e. The first-order chi connectivity index (χ1) is 28.6. The van der Waals surface area contributed by atoms with Crippen molar-refractivity contribution in [1.29, 1.82) is 0 Å². The summed E-state index contributed by atoms with van der Waals surface area (Å²) in [6.45, 7) is 7.17. The second kappa shape index (κ2) is 19.3. The van der Waals surface area contributed by atoms with Crippen LogP contribution >= 0.6 is 0 Å². The van der Waals surface area contributed by atoms with Crippen LogP contribution < -0.4 is 0 Å². The van der Waals surface area contributed by atoms with Crippen LogP contribution in [-0.2, 0) is 43.0 Å². The fraction of sp³-hybridized carbons (Fsp3) is 0.320. The number of benzene rings is 5.